The van der Waals surface area contributed by atoms with Crippen molar-refractivity contribution in [2.24, 2.45) is 11.8 Å². The van der Waals surface area contributed by atoms with Crippen molar-refractivity contribution in [1.82, 2.24) is 10.2 Å². The van der Waals surface area contributed by atoms with Crippen LogP contribution in [0, 0.1) is 11.8 Å². The molecule has 2 heterocycles. The minimum atomic E-state index is -1.30. The van der Waals surface area contributed by atoms with E-state index in [1.807, 2.05) is 6.92 Å². The zero-order valence-electron chi connectivity index (χ0n) is 18.8. The summed E-state index contributed by atoms with van der Waals surface area (Å²) >= 11 is 0. The zero-order chi connectivity index (χ0) is 22.9. The van der Waals surface area contributed by atoms with E-state index < -0.39 is 29.4 Å². The minimum Gasteiger partial charge on any atom is -0.493 e. The van der Waals surface area contributed by atoms with Gasteiger partial charge in [-0.3, -0.25) is 24.6 Å². The van der Waals surface area contributed by atoms with Gasteiger partial charge in [0.25, 0.3) is 0 Å². The molecule has 0 radical (unpaired) electrons. The van der Waals surface area contributed by atoms with E-state index in [9.17, 15) is 14.4 Å². The Labute approximate surface area is 182 Å². The third-order valence-electron chi connectivity index (χ3n) is 6.30. The van der Waals surface area contributed by atoms with Crippen molar-refractivity contribution in [2.45, 2.75) is 38.3 Å². The van der Waals surface area contributed by atoms with Crippen LogP contribution >= 0.6 is 0 Å². The molecular formula is C22H30N2O7. The predicted octanol–water partition coefficient (Wildman–Crippen LogP) is 1.69. The highest BCUT2D eigenvalue weighted by Crippen LogP contribution is 2.52. The summed E-state index contributed by atoms with van der Waals surface area (Å²) in [5, 5.41) is 3.33. The Morgan fingerprint density at radius 3 is 2.10 bits per heavy atom. The number of ether oxygens (including phenoxy) is 4. The first kappa shape index (κ1) is 22.9. The number of nitrogens with one attached hydrogen (secondary N) is 1. The van der Waals surface area contributed by atoms with E-state index in [1.165, 1.54) is 33.3 Å². The Hall–Kier alpha value is -2.81. The molecule has 0 saturated carbocycles. The van der Waals surface area contributed by atoms with Gasteiger partial charge in [0.05, 0.1) is 40.3 Å². The molecule has 0 aliphatic carbocycles. The number of benzene rings is 1. The molecule has 2 aliphatic heterocycles. The molecule has 31 heavy (non-hydrogen) atoms. The van der Waals surface area contributed by atoms with Gasteiger partial charge < -0.3 is 18.9 Å². The van der Waals surface area contributed by atoms with Crippen LogP contribution in [0.2, 0.25) is 0 Å². The number of rotatable bonds is 8. The molecule has 9 nitrogen and oxygen atoms in total. The number of carbonyl (C=O) groups excluding carboxylic acids is 3. The van der Waals surface area contributed by atoms with Crippen LogP contribution in [0.3, 0.4) is 0 Å². The van der Waals surface area contributed by atoms with Gasteiger partial charge in [-0.2, -0.15) is 0 Å². The minimum absolute atomic E-state index is 0.246. The standard InChI is InChI=1S/C22H30N2O7/c1-7-9-22(21(27)31-6)16-15(19(25)24(8-2)20(16)26)17(23-22)12-10-13(28-3)18(30-5)14(11-12)29-4/h10-11,15-17,23H,7-9H2,1-6H3/t15-,16+,17+,22-/m0/s1. The topological polar surface area (TPSA) is 103 Å². The molecule has 1 aromatic carbocycles. The number of amides is 2. The molecular weight excluding hydrogens is 404 g/mol. The average molecular weight is 434 g/mol. The third-order valence-corrected chi connectivity index (χ3v) is 6.30. The smallest absolute Gasteiger partial charge is 0.326 e. The summed E-state index contributed by atoms with van der Waals surface area (Å²) in [5.74, 6) is -1.53. The molecule has 0 aromatic heterocycles. The summed E-state index contributed by atoms with van der Waals surface area (Å²) in [6, 6.07) is 2.86. The third kappa shape index (κ3) is 3.31. The zero-order valence-corrected chi connectivity index (χ0v) is 18.8. The molecule has 3 rings (SSSR count). The van der Waals surface area contributed by atoms with Crippen molar-refractivity contribution in [2.75, 3.05) is 35.0 Å². The summed E-state index contributed by atoms with van der Waals surface area (Å²) in [6.45, 7) is 3.92. The second kappa shape index (κ2) is 8.74. The maximum Gasteiger partial charge on any atom is 0.326 e. The molecule has 1 aromatic rings. The number of carbonyl (C=O) groups is 3. The van der Waals surface area contributed by atoms with Crippen molar-refractivity contribution < 1.29 is 33.3 Å². The number of fused-ring (bicyclic) bond motifs is 1. The SMILES string of the molecule is CCC[C@]1(C(=O)OC)N[C@H](c2cc(OC)c(OC)c(OC)c2)[C@H]2C(=O)N(CC)C(=O)[C@@H]21. The number of hydrogen-bond acceptors (Lipinski definition) is 8. The second-order valence-corrected chi connectivity index (χ2v) is 7.72. The fraction of sp³-hybridized carbons (Fsp3) is 0.591. The van der Waals surface area contributed by atoms with Crippen LogP contribution in [-0.2, 0) is 19.1 Å². The fourth-order valence-electron chi connectivity index (χ4n) is 5.04. The molecule has 2 saturated heterocycles. The van der Waals surface area contributed by atoms with Crippen molar-refractivity contribution >= 4 is 17.8 Å². The van der Waals surface area contributed by atoms with Crippen LogP contribution in [0.25, 0.3) is 0 Å². The molecule has 4 atom stereocenters. The van der Waals surface area contributed by atoms with Gasteiger partial charge in [0, 0.05) is 12.6 Å². The lowest BCUT2D eigenvalue weighted by Crippen LogP contribution is -2.56. The Bertz CT molecular complexity index is 862. The van der Waals surface area contributed by atoms with Gasteiger partial charge in [-0.15, -0.1) is 0 Å². The lowest BCUT2D eigenvalue weighted by atomic mass is 9.77. The van der Waals surface area contributed by atoms with Crippen molar-refractivity contribution in [3.63, 3.8) is 0 Å². The number of imide groups is 1. The average Bonchev–Trinajstić information content (AvgIpc) is 3.26. The van der Waals surface area contributed by atoms with Crippen LogP contribution in [0.15, 0.2) is 12.1 Å². The van der Waals surface area contributed by atoms with Crippen LogP contribution in [-0.4, -0.2) is 63.2 Å². The highest BCUT2D eigenvalue weighted by molar-refractivity contribution is 6.09. The highest BCUT2D eigenvalue weighted by Gasteiger charge is 2.68. The predicted molar refractivity (Wildman–Crippen MR) is 111 cm³/mol. The first-order valence-electron chi connectivity index (χ1n) is 10.4. The molecule has 170 valence electrons. The van der Waals surface area contributed by atoms with E-state index >= 15 is 0 Å². The molecule has 9 heteroatoms. The Balaban J connectivity index is 2.21. The Kier molecular flexibility index (Phi) is 6.45. The number of nitrogens with zero attached hydrogens (tertiary/aromatic N) is 1. The summed E-state index contributed by atoms with van der Waals surface area (Å²) in [5.41, 5.74) is -0.638. The van der Waals surface area contributed by atoms with E-state index in [1.54, 1.807) is 19.1 Å². The molecule has 2 fully saturated rings. The van der Waals surface area contributed by atoms with E-state index in [-0.39, 0.29) is 18.4 Å². The van der Waals surface area contributed by atoms with Gasteiger partial charge in [-0.25, -0.2) is 0 Å². The second-order valence-electron chi connectivity index (χ2n) is 7.72. The Morgan fingerprint density at radius 2 is 1.65 bits per heavy atom. The molecule has 0 spiro atoms. The van der Waals surface area contributed by atoms with Gasteiger partial charge in [-0.05, 0) is 31.0 Å². The summed E-state index contributed by atoms with van der Waals surface area (Å²) in [4.78, 5) is 40.8. The van der Waals surface area contributed by atoms with E-state index in [0.29, 0.717) is 35.7 Å². The maximum absolute atomic E-state index is 13.3. The maximum atomic E-state index is 13.3. The first-order valence-corrected chi connectivity index (χ1v) is 10.4. The van der Waals surface area contributed by atoms with Gasteiger partial charge in [0.2, 0.25) is 17.6 Å². The number of esters is 1. The highest BCUT2D eigenvalue weighted by atomic mass is 16.5. The molecule has 0 bridgehead atoms. The molecule has 0 unspecified atom stereocenters. The molecule has 2 aliphatic rings. The van der Waals surface area contributed by atoms with E-state index in [2.05, 4.69) is 5.32 Å². The largest absolute Gasteiger partial charge is 0.493 e. The number of hydrogen-bond donors (Lipinski definition) is 1. The summed E-state index contributed by atoms with van der Waals surface area (Å²) in [7, 11) is 5.81. The lowest BCUT2D eigenvalue weighted by Gasteiger charge is -2.32. The van der Waals surface area contributed by atoms with Gasteiger partial charge in [0.1, 0.15) is 5.54 Å². The van der Waals surface area contributed by atoms with Crippen LogP contribution in [0.5, 0.6) is 17.2 Å². The fourth-order valence-corrected chi connectivity index (χ4v) is 5.04. The number of methoxy groups -OCH3 is 4. The molecule has 2 amide bonds. The lowest BCUT2D eigenvalue weighted by molar-refractivity contribution is -0.154. The first-order chi connectivity index (χ1) is 14.8. The van der Waals surface area contributed by atoms with E-state index in [0.717, 1.165) is 0 Å². The van der Waals surface area contributed by atoms with Crippen LogP contribution < -0.4 is 19.5 Å². The van der Waals surface area contributed by atoms with E-state index in [4.69, 9.17) is 18.9 Å². The summed E-state index contributed by atoms with van der Waals surface area (Å²) in [6.07, 6.45) is 0.985. The Morgan fingerprint density at radius 1 is 1.03 bits per heavy atom. The van der Waals surface area contributed by atoms with Crippen molar-refractivity contribution in [3.8, 4) is 17.2 Å². The monoisotopic (exact) mass is 434 g/mol. The van der Waals surface area contributed by atoms with Crippen molar-refractivity contribution in [3.05, 3.63) is 17.7 Å². The van der Waals surface area contributed by atoms with Crippen molar-refractivity contribution in [1.29, 1.82) is 0 Å². The van der Waals surface area contributed by atoms with Gasteiger partial charge >= 0.3 is 5.97 Å². The summed E-state index contributed by atoms with van der Waals surface area (Å²) < 4.78 is 21.4. The number of likely N-dealkylation sites (tertiary alicyclic amines) is 1. The normalized spacial score (nSPS) is 27.3. The molecule has 1 N–H and O–H groups in total. The van der Waals surface area contributed by atoms with Crippen LogP contribution in [0.4, 0.5) is 0 Å². The van der Waals surface area contributed by atoms with Gasteiger partial charge in [0.15, 0.2) is 11.5 Å². The van der Waals surface area contributed by atoms with Gasteiger partial charge in [-0.1, -0.05) is 13.3 Å². The quantitative estimate of drug-likeness (QED) is 0.487. The van der Waals surface area contributed by atoms with Crippen LogP contribution in [0.1, 0.15) is 38.3 Å².